The zero-order valence-corrected chi connectivity index (χ0v) is 10.3. The Morgan fingerprint density at radius 2 is 2.00 bits per heavy atom. The number of carbonyl (C=O) groups is 1. The Morgan fingerprint density at radius 3 is 2.47 bits per heavy atom. The largest absolute Gasteiger partial charge is 0.353 e. The molecule has 0 spiro atoms. The molecule has 1 N–H and O–H groups in total. The molecule has 1 fully saturated rings. The Bertz CT molecular complexity index is 196. The molecule has 0 aliphatic carbocycles. The summed E-state index contributed by atoms with van der Waals surface area (Å²) in [6.45, 7) is 9.58. The second-order valence-corrected chi connectivity index (χ2v) is 4.78. The number of nitrogens with zero attached hydrogens (tertiary/aromatic N) is 1. The lowest BCUT2D eigenvalue weighted by atomic mass is 10.0. The number of likely N-dealkylation sites (tertiary alicyclic amines) is 1. The SMILES string of the molecule is CCCN1CCC(NC(=O)C(C)C)CC1. The van der Waals surface area contributed by atoms with Gasteiger partial charge in [-0.2, -0.15) is 0 Å². The highest BCUT2D eigenvalue weighted by atomic mass is 16.1. The molecule has 1 rings (SSSR count). The van der Waals surface area contributed by atoms with Crippen molar-refractivity contribution in [3.05, 3.63) is 0 Å². The summed E-state index contributed by atoms with van der Waals surface area (Å²) in [6, 6.07) is 0.410. The molecule has 0 aromatic rings. The van der Waals surface area contributed by atoms with E-state index in [1.807, 2.05) is 13.8 Å². The molecule has 1 amide bonds. The van der Waals surface area contributed by atoms with E-state index in [2.05, 4.69) is 17.1 Å². The van der Waals surface area contributed by atoms with E-state index < -0.39 is 0 Å². The number of carbonyl (C=O) groups excluding carboxylic acids is 1. The van der Waals surface area contributed by atoms with Crippen LogP contribution < -0.4 is 5.32 Å². The lowest BCUT2D eigenvalue weighted by Crippen LogP contribution is -2.45. The normalized spacial score (nSPS) is 19.5. The fourth-order valence-corrected chi connectivity index (χ4v) is 1.98. The van der Waals surface area contributed by atoms with E-state index in [1.165, 1.54) is 13.0 Å². The fourth-order valence-electron chi connectivity index (χ4n) is 1.98. The van der Waals surface area contributed by atoms with Crippen LogP contribution in [-0.2, 0) is 4.79 Å². The third kappa shape index (κ3) is 4.20. The average Bonchev–Trinajstić information content (AvgIpc) is 2.21. The summed E-state index contributed by atoms with van der Waals surface area (Å²) in [5, 5.41) is 3.12. The average molecular weight is 212 g/mol. The summed E-state index contributed by atoms with van der Waals surface area (Å²) in [5.74, 6) is 0.308. The third-order valence-corrected chi connectivity index (χ3v) is 3.00. The van der Waals surface area contributed by atoms with Crippen molar-refractivity contribution in [2.45, 2.75) is 46.1 Å². The van der Waals surface area contributed by atoms with Gasteiger partial charge >= 0.3 is 0 Å². The van der Waals surface area contributed by atoms with E-state index in [0.717, 1.165) is 25.9 Å². The number of amides is 1. The van der Waals surface area contributed by atoms with E-state index >= 15 is 0 Å². The lowest BCUT2D eigenvalue weighted by molar-refractivity contribution is -0.125. The monoisotopic (exact) mass is 212 g/mol. The van der Waals surface area contributed by atoms with Gasteiger partial charge in [0.25, 0.3) is 0 Å². The molecule has 1 saturated heterocycles. The predicted molar refractivity (Wildman–Crippen MR) is 62.7 cm³/mol. The van der Waals surface area contributed by atoms with Crippen molar-refractivity contribution in [3.8, 4) is 0 Å². The minimum absolute atomic E-state index is 0.110. The van der Waals surface area contributed by atoms with Gasteiger partial charge in [-0.25, -0.2) is 0 Å². The van der Waals surface area contributed by atoms with Crippen LogP contribution in [0.1, 0.15) is 40.0 Å². The van der Waals surface area contributed by atoms with Crippen molar-refractivity contribution in [1.82, 2.24) is 10.2 Å². The van der Waals surface area contributed by atoms with E-state index in [4.69, 9.17) is 0 Å². The molecule has 1 aliphatic heterocycles. The summed E-state index contributed by atoms with van der Waals surface area (Å²) >= 11 is 0. The zero-order valence-electron chi connectivity index (χ0n) is 10.3. The molecule has 0 atom stereocenters. The molecule has 0 aromatic heterocycles. The van der Waals surface area contributed by atoms with Gasteiger partial charge < -0.3 is 10.2 Å². The molecule has 15 heavy (non-hydrogen) atoms. The minimum atomic E-state index is 0.110. The Labute approximate surface area is 93.2 Å². The van der Waals surface area contributed by atoms with Gasteiger partial charge in [0.05, 0.1) is 0 Å². The van der Waals surface area contributed by atoms with E-state index in [9.17, 15) is 4.79 Å². The van der Waals surface area contributed by atoms with E-state index in [1.54, 1.807) is 0 Å². The standard InChI is InChI=1S/C12H24N2O/c1-4-7-14-8-5-11(6-9-14)13-12(15)10(2)3/h10-11H,4-9H2,1-3H3,(H,13,15). The molecule has 1 heterocycles. The quantitative estimate of drug-likeness (QED) is 0.768. The van der Waals surface area contributed by atoms with Gasteiger partial charge in [-0.1, -0.05) is 20.8 Å². The molecule has 3 heteroatoms. The van der Waals surface area contributed by atoms with Crippen LogP contribution in [0.2, 0.25) is 0 Å². The van der Waals surface area contributed by atoms with Crippen LogP contribution in [0.3, 0.4) is 0 Å². The molecule has 0 radical (unpaired) electrons. The highest BCUT2D eigenvalue weighted by Crippen LogP contribution is 2.11. The van der Waals surface area contributed by atoms with Crippen molar-refractivity contribution >= 4 is 5.91 Å². The smallest absolute Gasteiger partial charge is 0.222 e. The molecular weight excluding hydrogens is 188 g/mol. The van der Waals surface area contributed by atoms with Gasteiger partial charge in [-0.3, -0.25) is 4.79 Å². The zero-order chi connectivity index (χ0) is 11.3. The Hall–Kier alpha value is -0.570. The Balaban J connectivity index is 2.22. The third-order valence-electron chi connectivity index (χ3n) is 3.00. The fraction of sp³-hybridized carbons (Fsp3) is 0.917. The lowest BCUT2D eigenvalue weighted by Gasteiger charge is -2.32. The van der Waals surface area contributed by atoms with Gasteiger partial charge in [-0.15, -0.1) is 0 Å². The molecular formula is C12H24N2O. The van der Waals surface area contributed by atoms with E-state index in [-0.39, 0.29) is 11.8 Å². The van der Waals surface area contributed by atoms with Crippen LogP contribution in [0.4, 0.5) is 0 Å². The highest BCUT2D eigenvalue weighted by molar-refractivity contribution is 5.78. The van der Waals surface area contributed by atoms with Gasteiger partial charge in [0, 0.05) is 25.0 Å². The maximum absolute atomic E-state index is 11.5. The Kier molecular flexibility index (Phi) is 5.09. The van der Waals surface area contributed by atoms with Gasteiger partial charge in [-0.05, 0) is 25.8 Å². The predicted octanol–water partition coefficient (Wildman–Crippen LogP) is 1.63. The minimum Gasteiger partial charge on any atom is -0.353 e. The topological polar surface area (TPSA) is 32.3 Å². The second-order valence-electron chi connectivity index (χ2n) is 4.78. The number of hydrogen-bond acceptors (Lipinski definition) is 2. The Morgan fingerprint density at radius 1 is 1.40 bits per heavy atom. The second kappa shape index (κ2) is 6.11. The summed E-state index contributed by atoms with van der Waals surface area (Å²) in [5.41, 5.74) is 0. The van der Waals surface area contributed by atoms with Crippen LogP contribution in [0.15, 0.2) is 0 Å². The summed E-state index contributed by atoms with van der Waals surface area (Å²) in [7, 11) is 0. The maximum atomic E-state index is 11.5. The molecule has 88 valence electrons. The van der Waals surface area contributed by atoms with Crippen molar-refractivity contribution in [2.24, 2.45) is 5.92 Å². The van der Waals surface area contributed by atoms with Crippen LogP contribution in [0.5, 0.6) is 0 Å². The molecule has 0 saturated carbocycles. The van der Waals surface area contributed by atoms with Crippen molar-refractivity contribution < 1.29 is 4.79 Å². The van der Waals surface area contributed by atoms with Gasteiger partial charge in [0.15, 0.2) is 0 Å². The number of piperidine rings is 1. The number of rotatable bonds is 4. The van der Waals surface area contributed by atoms with Crippen molar-refractivity contribution in [3.63, 3.8) is 0 Å². The van der Waals surface area contributed by atoms with Crippen molar-refractivity contribution in [2.75, 3.05) is 19.6 Å². The first-order chi connectivity index (χ1) is 7.13. The van der Waals surface area contributed by atoms with Gasteiger partial charge in [0.1, 0.15) is 0 Å². The molecule has 0 bridgehead atoms. The summed E-state index contributed by atoms with van der Waals surface area (Å²) < 4.78 is 0. The van der Waals surface area contributed by atoms with Crippen molar-refractivity contribution in [1.29, 1.82) is 0 Å². The van der Waals surface area contributed by atoms with E-state index in [0.29, 0.717) is 6.04 Å². The molecule has 1 aliphatic rings. The van der Waals surface area contributed by atoms with Crippen LogP contribution in [-0.4, -0.2) is 36.5 Å². The summed E-state index contributed by atoms with van der Waals surface area (Å²) in [4.78, 5) is 14.0. The maximum Gasteiger partial charge on any atom is 0.222 e. The molecule has 0 unspecified atom stereocenters. The highest BCUT2D eigenvalue weighted by Gasteiger charge is 2.20. The first-order valence-electron chi connectivity index (χ1n) is 6.16. The molecule has 0 aromatic carbocycles. The summed E-state index contributed by atoms with van der Waals surface area (Å²) in [6.07, 6.45) is 3.44. The molecule has 3 nitrogen and oxygen atoms in total. The van der Waals surface area contributed by atoms with Gasteiger partial charge in [0.2, 0.25) is 5.91 Å². The number of nitrogens with one attached hydrogen (secondary N) is 1. The first-order valence-corrected chi connectivity index (χ1v) is 6.16. The number of hydrogen-bond donors (Lipinski definition) is 1. The van der Waals surface area contributed by atoms with Crippen LogP contribution in [0.25, 0.3) is 0 Å². The van der Waals surface area contributed by atoms with Crippen LogP contribution >= 0.6 is 0 Å². The van der Waals surface area contributed by atoms with Crippen LogP contribution in [0, 0.1) is 5.92 Å². The first kappa shape index (κ1) is 12.5.